The lowest BCUT2D eigenvalue weighted by molar-refractivity contribution is -0.130. The first-order chi connectivity index (χ1) is 10.6. The Hall–Kier alpha value is -2.28. The molecule has 1 aromatic heterocycles. The van der Waals surface area contributed by atoms with E-state index in [-0.39, 0.29) is 18.9 Å². The van der Waals surface area contributed by atoms with Gasteiger partial charge in [-0.25, -0.2) is 0 Å². The van der Waals surface area contributed by atoms with Crippen molar-refractivity contribution in [1.82, 2.24) is 10.9 Å². The second-order valence-corrected chi connectivity index (χ2v) is 5.33. The quantitative estimate of drug-likeness (QED) is 0.768. The summed E-state index contributed by atoms with van der Waals surface area (Å²) < 4.78 is 11.3. The van der Waals surface area contributed by atoms with Gasteiger partial charge in [0.15, 0.2) is 6.61 Å². The Morgan fingerprint density at radius 3 is 2.50 bits per heavy atom. The average Bonchev–Trinajstić information content (AvgIpc) is 3.04. The van der Waals surface area contributed by atoms with Crippen molar-refractivity contribution in [2.45, 2.75) is 12.8 Å². The maximum Gasteiger partial charge on any atom is 0.276 e. The van der Waals surface area contributed by atoms with E-state index in [1.54, 1.807) is 30.5 Å². The summed E-state index contributed by atoms with van der Waals surface area (Å²) in [7, 11) is 0. The van der Waals surface area contributed by atoms with Gasteiger partial charge in [-0.1, -0.05) is 15.9 Å². The van der Waals surface area contributed by atoms with Gasteiger partial charge in [-0.2, -0.15) is 0 Å². The lowest BCUT2D eigenvalue weighted by Crippen LogP contribution is -2.43. The lowest BCUT2D eigenvalue weighted by atomic mass is 10.2. The molecule has 0 saturated heterocycles. The molecule has 2 amide bonds. The second-order valence-electron chi connectivity index (χ2n) is 4.42. The predicted molar refractivity (Wildman–Crippen MR) is 83.0 cm³/mol. The molecule has 0 atom stereocenters. The molecule has 2 N–H and O–H groups in total. The first kappa shape index (κ1) is 16.1. The minimum absolute atomic E-state index is 0.180. The molecule has 7 heteroatoms. The van der Waals surface area contributed by atoms with E-state index in [1.165, 1.54) is 0 Å². The smallest absolute Gasteiger partial charge is 0.276 e. The highest BCUT2D eigenvalue weighted by atomic mass is 79.9. The van der Waals surface area contributed by atoms with Crippen LogP contribution in [0.1, 0.15) is 12.2 Å². The number of hydrogen-bond acceptors (Lipinski definition) is 4. The summed E-state index contributed by atoms with van der Waals surface area (Å²) in [6, 6.07) is 10.6. The highest BCUT2D eigenvalue weighted by Crippen LogP contribution is 2.15. The van der Waals surface area contributed by atoms with Crippen LogP contribution in [0, 0.1) is 0 Å². The predicted octanol–water partition coefficient (Wildman–Crippen LogP) is 2.20. The third-order valence-electron chi connectivity index (χ3n) is 2.70. The summed E-state index contributed by atoms with van der Waals surface area (Å²) in [6.07, 6.45) is 2.25. The van der Waals surface area contributed by atoms with Gasteiger partial charge >= 0.3 is 0 Å². The normalized spacial score (nSPS) is 10.0. The highest BCUT2D eigenvalue weighted by Gasteiger charge is 2.07. The average molecular weight is 367 g/mol. The van der Waals surface area contributed by atoms with E-state index in [0.717, 1.165) is 10.2 Å². The van der Waals surface area contributed by atoms with Crippen LogP contribution in [0.5, 0.6) is 5.75 Å². The van der Waals surface area contributed by atoms with Gasteiger partial charge in [0, 0.05) is 17.3 Å². The zero-order chi connectivity index (χ0) is 15.8. The van der Waals surface area contributed by atoms with Gasteiger partial charge in [0.2, 0.25) is 5.91 Å². The topological polar surface area (TPSA) is 80.6 Å². The van der Waals surface area contributed by atoms with E-state index in [4.69, 9.17) is 9.15 Å². The van der Waals surface area contributed by atoms with Crippen LogP contribution in [-0.4, -0.2) is 18.4 Å². The molecule has 0 spiro atoms. The van der Waals surface area contributed by atoms with Gasteiger partial charge in [-0.3, -0.25) is 20.4 Å². The fraction of sp³-hybridized carbons (Fsp3) is 0.200. The molecular weight excluding hydrogens is 352 g/mol. The number of nitrogens with one attached hydrogen (secondary N) is 2. The third-order valence-corrected chi connectivity index (χ3v) is 3.23. The number of carbonyl (C=O) groups is 2. The molecule has 0 unspecified atom stereocenters. The fourth-order valence-corrected chi connectivity index (χ4v) is 1.87. The first-order valence-corrected chi connectivity index (χ1v) is 7.41. The Bertz CT molecular complexity index is 611. The van der Waals surface area contributed by atoms with Gasteiger partial charge in [-0.05, 0) is 36.4 Å². The molecule has 0 saturated carbocycles. The molecule has 2 rings (SSSR count). The number of aryl methyl sites for hydroxylation is 1. The van der Waals surface area contributed by atoms with Crippen molar-refractivity contribution in [3.05, 3.63) is 52.9 Å². The van der Waals surface area contributed by atoms with Crippen LogP contribution in [0.4, 0.5) is 0 Å². The molecule has 0 radical (unpaired) electrons. The number of amides is 2. The SMILES string of the molecule is O=C(CCc1ccco1)NNC(=O)COc1ccc(Br)cc1. The Kier molecular flexibility index (Phi) is 6.02. The van der Waals surface area contributed by atoms with E-state index in [2.05, 4.69) is 26.8 Å². The molecule has 0 aliphatic carbocycles. The number of furan rings is 1. The fourth-order valence-electron chi connectivity index (χ4n) is 1.61. The molecule has 6 nitrogen and oxygen atoms in total. The van der Waals surface area contributed by atoms with Crippen LogP contribution in [-0.2, 0) is 16.0 Å². The molecule has 22 heavy (non-hydrogen) atoms. The van der Waals surface area contributed by atoms with Crippen molar-refractivity contribution in [2.24, 2.45) is 0 Å². The third kappa shape index (κ3) is 5.61. The summed E-state index contributed by atoms with van der Waals surface area (Å²) in [6.45, 7) is -0.180. The molecule has 0 aliphatic rings. The van der Waals surface area contributed by atoms with Crippen LogP contribution in [0.2, 0.25) is 0 Å². The Balaban J connectivity index is 1.62. The molecule has 116 valence electrons. The number of ether oxygens (including phenoxy) is 1. The number of hydrazine groups is 1. The van der Waals surface area contributed by atoms with E-state index in [9.17, 15) is 9.59 Å². The maximum atomic E-state index is 11.5. The number of carbonyl (C=O) groups excluding carboxylic acids is 2. The van der Waals surface area contributed by atoms with Crippen molar-refractivity contribution in [2.75, 3.05) is 6.61 Å². The van der Waals surface area contributed by atoms with E-state index in [1.807, 2.05) is 12.1 Å². The summed E-state index contributed by atoms with van der Waals surface area (Å²) in [5.41, 5.74) is 4.61. The zero-order valence-corrected chi connectivity index (χ0v) is 13.3. The molecule has 2 aromatic rings. The minimum atomic E-state index is -0.436. The highest BCUT2D eigenvalue weighted by molar-refractivity contribution is 9.10. The van der Waals surface area contributed by atoms with Crippen LogP contribution in [0.3, 0.4) is 0 Å². The van der Waals surface area contributed by atoms with Crippen molar-refractivity contribution in [3.63, 3.8) is 0 Å². The summed E-state index contributed by atoms with van der Waals surface area (Å²) in [5.74, 6) is 0.560. The van der Waals surface area contributed by atoms with Gasteiger partial charge in [-0.15, -0.1) is 0 Å². The van der Waals surface area contributed by atoms with Gasteiger partial charge in [0.05, 0.1) is 6.26 Å². The Morgan fingerprint density at radius 2 is 1.82 bits per heavy atom. The molecule has 1 heterocycles. The number of benzene rings is 1. The molecular formula is C15H15BrN2O4. The summed E-state index contributed by atoms with van der Waals surface area (Å²) in [5, 5.41) is 0. The van der Waals surface area contributed by atoms with Crippen molar-refractivity contribution >= 4 is 27.7 Å². The maximum absolute atomic E-state index is 11.5. The number of hydrogen-bond donors (Lipinski definition) is 2. The number of halogens is 1. The van der Waals surface area contributed by atoms with Crippen LogP contribution in [0.15, 0.2) is 51.6 Å². The summed E-state index contributed by atoms with van der Waals surface area (Å²) >= 11 is 3.31. The van der Waals surface area contributed by atoms with E-state index < -0.39 is 5.91 Å². The van der Waals surface area contributed by atoms with Gasteiger partial charge in [0.25, 0.3) is 5.91 Å². The van der Waals surface area contributed by atoms with Gasteiger partial charge in [0.1, 0.15) is 11.5 Å². The summed E-state index contributed by atoms with van der Waals surface area (Å²) in [4.78, 5) is 23.1. The van der Waals surface area contributed by atoms with Crippen molar-refractivity contribution in [3.8, 4) is 5.75 Å². The van der Waals surface area contributed by atoms with Crippen LogP contribution in [0.25, 0.3) is 0 Å². The van der Waals surface area contributed by atoms with Crippen molar-refractivity contribution < 1.29 is 18.7 Å². The second kappa shape index (κ2) is 8.23. The Labute approximate surface area is 135 Å². The number of rotatable bonds is 6. The largest absolute Gasteiger partial charge is 0.484 e. The lowest BCUT2D eigenvalue weighted by Gasteiger charge is -2.08. The standard InChI is InChI=1S/C15H15BrN2O4/c16-11-3-5-13(6-4-11)22-10-15(20)18-17-14(19)8-7-12-2-1-9-21-12/h1-6,9H,7-8,10H2,(H,17,19)(H,18,20). The zero-order valence-electron chi connectivity index (χ0n) is 11.7. The monoisotopic (exact) mass is 366 g/mol. The molecule has 1 aromatic carbocycles. The molecule has 0 bridgehead atoms. The minimum Gasteiger partial charge on any atom is -0.484 e. The van der Waals surface area contributed by atoms with Gasteiger partial charge < -0.3 is 9.15 Å². The van der Waals surface area contributed by atoms with E-state index >= 15 is 0 Å². The van der Waals surface area contributed by atoms with Crippen LogP contribution >= 0.6 is 15.9 Å². The molecule has 0 fully saturated rings. The first-order valence-electron chi connectivity index (χ1n) is 6.62. The van der Waals surface area contributed by atoms with Crippen molar-refractivity contribution in [1.29, 1.82) is 0 Å². The van der Waals surface area contributed by atoms with Crippen LogP contribution < -0.4 is 15.6 Å². The molecule has 0 aliphatic heterocycles. The van der Waals surface area contributed by atoms with E-state index in [0.29, 0.717) is 12.2 Å². The Morgan fingerprint density at radius 1 is 1.09 bits per heavy atom.